The van der Waals surface area contributed by atoms with Gasteiger partial charge in [-0.15, -0.1) is 0 Å². The monoisotopic (exact) mass is 185 g/mol. The zero-order valence-electron chi connectivity index (χ0n) is 6.05. The van der Waals surface area contributed by atoms with Crippen molar-refractivity contribution in [1.29, 1.82) is 0 Å². The van der Waals surface area contributed by atoms with Gasteiger partial charge in [0.05, 0.1) is 18.8 Å². The van der Waals surface area contributed by atoms with Crippen molar-refractivity contribution in [2.75, 3.05) is 18.8 Å². The minimum atomic E-state index is -3.38. The molecule has 0 aromatic rings. The molecule has 3 nitrogen and oxygen atoms in total. The Balaban J connectivity index is 2.58. The molecule has 1 fully saturated rings. The second-order valence-corrected chi connectivity index (χ2v) is 4.78. The second kappa shape index (κ2) is 2.38. The van der Waals surface area contributed by atoms with Gasteiger partial charge in [-0.2, -0.15) is 4.31 Å². The van der Waals surface area contributed by atoms with Crippen molar-refractivity contribution in [2.24, 2.45) is 0 Å². The summed E-state index contributed by atoms with van der Waals surface area (Å²) in [5.41, 5.74) is 0. The van der Waals surface area contributed by atoms with E-state index in [9.17, 15) is 17.2 Å². The lowest BCUT2D eigenvalue weighted by molar-refractivity contribution is -0.0944. The molecule has 1 aliphatic rings. The average molecular weight is 185 g/mol. The van der Waals surface area contributed by atoms with Crippen molar-refractivity contribution < 1.29 is 17.2 Å². The summed E-state index contributed by atoms with van der Waals surface area (Å²) >= 11 is 0. The lowest BCUT2D eigenvalue weighted by Crippen LogP contribution is -2.58. The number of halogens is 2. The molecule has 0 atom stereocenters. The largest absolute Gasteiger partial charge is 0.275 e. The van der Waals surface area contributed by atoms with E-state index in [4.69, 9.17) is 0 Å². The van der Waals surface area contributed by atoms with E-state index >= 15 is 0 Å². The number of alkyl halides is 2. The maximum atomic E-state index is 12.1. The Bertz CT molecular complexity index is 241. The van der Waals surface area contributed by atoms with E-state index in [0.717, 1.165) is 4.31 Å². The van der Waals surface area contributed by atoms with E-state index in [0.29, 0.717) is 0 Å². The molecule has 0 spiro atoms. The first-order valence-electron chi connectivity index (χ1n) is 3.23. The Kier molecular flexibility index (Phi) is 1.92. The van der Waals surface area contributed by atoms with Gasteiger partial charge in [0.15, 0.2) is 0 Å². The van der Waals surface area contributed by atoms with Crippen molar-refractivity contribution in [1.82, 2.24) is 4.31 Å². The molecule has 0 N–H and O–H groups in total. The van der Waals surface area contributed by atoms with E-state index < -0.39 is 29.0 Å². The Labute approximate surface area is 64.0 Å². The summed E-state index contributed by atoms with van der Waals surface area (Å²) in [5, 5.41) is 0. The first-order chi connectivity index (χ1) is 4.87. The molecule has 0 aromatic carbocycles. The van der Waals surface area contributed by atoms with Gasteiger partial charge in [-0.25, -0.2) is 17.2 Å². The highest BCUT2D eigenvalue weighted by Crippen LogP contribution is 2.28. The molecule has 0 aliphatic carbocycles. The van der Waals surface area contributed by atoms with E-state index in [1.54, 1.807) is 0 Å². The van der Waals surface area contributed by atoms with Gasteiger partial charge in [0.25, 0.3) is 5.92 Å². The lowest BCUT2D eigenvalue weighted by atomic mass is 10.2. The van der Waals surface area contributed by atoms with E-state index in [1.165, 1.54) is 6.92 Å². The molecule has 0 amide bonds. The molecule has 0 radical (unpaired) electrons. The van der Waals surface area contributed by atoms with Crippen LogP contribution in [0.4, 0.5) is 8.78 Å². The van der Waals surface area contributed by atoms with Gasteiger partial charge in [0, 0.05) is 0 Å². The van der Waals surface area contributed by atoms with Crippen LogP contribution in [0.15, 0.2) is 0 Å². The Morgan fingerprint density at radius 1 is 1.45 bits per heavy atom. The zero-order valence-corrected chi connectivity index (χ0v) is 6.87. The Morgan fingerprint density at radius 2 is 1.91 bits per heavy atom. The topological polar surface area (TPSA) is 37.4 Å². The van der Waals surface area contributed by atoms with Gasteiger partial charge in [-0.05, 0) is 6.92 Å². The molecular weight excluding hydrogens is 176 g/mol. The van der Waals surface area contributed by atoms with E-state index in [-0.39, 0.29) is 5.75 Å². The summed E-state index contributed by atoms with van der Waals surface area (Å²) < 4.78 is 46.8. The van der Waals surface area contributed by atoms with Crippen molar-refractivity contribution in [3.05, 3.63) is 0 Å². The third-order valence-electron chi connectivity index (χ3n) is 1.57. The predicted octanol–water partition coefficient (Wildman–Crippen LogP) is 0.287. The van der Waals surface area contributed by atoms with Crippen LogP contribution in [0.5, 0.6) is 0 Å². The molecule has 0 unspecified atom stereocenters. The summed E-state index contributed by atoms with van der Waals surface area (Å²) in [6.45, 7) is 0.137. The third kappa shape index (κ3) is 1.67. The molecule has 0 bridgehead atoms. The lowest BCUT2D eigenvalue weighted by Gasteiger charge is -2.37. The predicted molar refractivity (Wildman–Crippen MR) is 36.0 cm³/mol. The minimum Gasteiger partial charge on any atom is -0.212 e. The quantitative estimate of drug-likeness (QED) is 0.620. The fourth-order valence-corrected chi connectivity index (χ4v) is 1.99. The van der Waals surface area contributed by atoms with E-state index in [2.05, 4.69) is 0 Å². The molecule has 6 heteroatoms. The maximum absolute atomic E-state index is 12.1. The summed E-state index contributed by atoms with van der Waals surface area (Å²) in [6.07, 6.45) is 0. The second-order valence-electron chi connectivity index (χ2n) is 2.52. The summed E-state index contributed by atoms with van der Waals surface area (Å²) in [5.74, 6) is -2.91. The van der Waals surface area contributed by atoms with Crippen LogP contribution in [0.1, 0.15) is 6.92 Å². The molecule has 1 aliphatic heterocycles. The standard InChI is InChI=1S/C5H9F2NO2S/c1-2-11(9,10)8-3-5(6,7)4-8/h2-4H2,1H3. The van der Waals surface area contributed by atoms with Gasteiger partial charge in [0.2, 0.25) is 10.0 Å². The van der Waals surface area contributed by atoms with Crippen molar-refractivity contribution >= 4 is 10.0 Å². The smallest absolute Gasteiger partial charge is 0.212 e. The average Bonchev–Trinajstić information content (AvgIpc) is 1.83. The van der Waals surface area contributed by atoms with Crippen LogP contribution in [-0.2, 0) is 10.0 Å². The number of nitrogens with zero attached hydrogens (tertiary/aromatic N) is 1. The highest BCUT2D eigenvalue weighted by molar-refractivity contribution is 7.89. The van der Waals surface area contributed by atoms with Crippen LogP contribution in [0.25, 0.3) is 0 Å². The fourth-order valence-electron chi connectivity index (χ4n) is 0.849. The van der Waals surface area contributed by atoms with Gasteiger partial charge in [-0.3, -0.25) is 0 Å². The normalized spacial score (nSPS) is 24.6. The van der Waals surface area contributed by atoms with Crippen LogP contribution in [0, 0.1) is 0 Å². The number of hydrogen-bond donors (Lipinski definition) is 0. The first-order valence-corrected chi connectivity index (χ1v) is 4.84. The molecule has 1 heterocycles. The molecule has 1 saturated heterocycles. The van der Waals surface area contributed by atoms with Gasteiger partial charge >= 0.3 is 0 Å². The molecule has 66 valence electrons. The molecule has 0 saturated carbocycles. The van der Waals surface area contributed by atoms with Crippen molar-refractivity contribution in [3.8, 4) is 0 Å². The number of sulfonamides is 1. The first kappa shape index (κ1) is 8.86. The summed E-state index contributed by atoms with van der Waals surface area (Å²) in [7, 11) is -3.38. The van der Waals surface area contributed by atoms with Crippen LogP contribution in [0.3, 0.4) is 0 Å². The van der Waals surface area contributed by atoms with Gasteiger partial charge in [-0.1, -0.05) is 0 Å². The highest BCUT2D eigenvalue weighted by atomic mass is 32.2. The molecule has 0 aromatic heterocycles. The SMILES string of the molecule is CCS(=O)(=O)N1CC(F)(F)C1. The molecule has 11 heavy (non-hydrogen) atoms. The van der Waals surface area contributed by atoms with Gasteiger partial charge in [0.1, 0.15) is 0 Å². The number of rotatable bonds is 2. The van der Waals surface area contributed by atoms with Gasteiger partial charge < -0.3 is 0 Å². The summed E-state index contributed by atoms with van der Waals surface area (Å²) in [6, 6.07) is 0. The fraction of sp³-hybridized carbons (Fsp3) is 1.00. The summed E-state index contributed by atoms with van der Waals surface area (Å²) in [4.78, 5) is 0. The number of hydrogen-bond acceptors (Lipinski definition) is 2. The molecular formula is C5H9F2NO2S. The molecule has 1 rings (SSSR count). The van der Waals surface area contributed by atoms with Crippen molar-refractivity contribution in [3.63, 3.8) is 0 Å². The minimum absolute atomic E-state index is 0.108. The Hall–Kier alpha value is -0.230. The maximum Gasteiger partial charge on any atom is 0.275 e. The van der Waals surface area contributed by atoms with Crippen LogP contribution in [0.2, 0.25) is 0 Å². The van der Waals surface area contributed by atoms with Crippen LogP contribution in [-0.4, -0.2) is 37.5 Å². The zero-order chi connectivity index (χ0) is 8.70. The highest BCUT2D eigenvalue weighted by Gasteiger charge is 2.48. The third-order valence-corrected chi connectivity index (χ3v) is 3.35. The van der Waals surface area contributed by atoms with Crippen LogP contribution >= 0.6 is 0 Å². The van der Waals surface area contributed by atoms with Crippen LogP contribution < -0.4 is 0 Å². The van der Waals surface area contributed by atoms with E-state index in [1.807, 2.05) is 0 Å². The Morgan fingerprint density at radius 3 is 2.18 bits per heavy atom. The van der Waals surface area contributed by atoms with Crippen molar-refractivity contribution in [2.45, 2.75) is 12.8 Å².